The molecule has 0 saturated heterocycles. The molecule has 2 rings (SSSR count). The van der Waals surface area contributed by atoms with Crippen LogP contribution in [-0.2, 0) is 4.74 Å². The Morgan fingerprint density at radius 2 is 2.36 bits per heavy atom. The maximum absolute atomic E-state index is 5.71. The lowest BCUT2D eigenvalue weighted by atomic mass is 10.2. The molecule has 2 heterocycles. The van der Waals surface area contributed by atoms with Crippen molar-refractivity contribution in [2.45, 2.75) is 12.5 Å². The zero-order chi connectivity index (χ0) is 9.97. The molecule has 1 N–H and O–H groups in total. The standard InChI is InChI=1S/C10H12ClNO2/c1-12-10(7-3-2-6-13-7)8-4-5-9(11)14-8/h3-5,10,12H,2,6H2,1H3. The summed E-state index contributed by atoms with van der Waals surface area (Å²) in [5.74, 6) is 1.70. The molecule has 4 heteroatoms. The number of hydrogen-bond acceptors (Lipinski definition) is 3. The van der Waals surface area contributed by atoms with Gasteiger partial charge < -0.3 is 14.5 Å². The van der Waals surface area contributed by atoms with Crippen molar-refractivity contribution < 1.29 is 9.15 Å². The van der Waals surface area contributed by atoms with Crippen molar-refractivity contribution in [1.82, 2.24) is 5.32 Å². The highest BCUT2D eigenvalue weighted by molar-refractivity contribution is 6.28. The molecule has 1 aromatic heterocycles. The van der Waals surface area contributed by atoms with Gasteiger partial charge in [0.15, 0.2) is 5.22 Å². The highest BCUT2D eigenvalue weighted by atomic mass is 35.5. The topological polar surface area (TPSA) is 34.4 Å². The summed E-state index contributed by atoms with van der Waals surface area (Å²) in [6, 6.07) is 3.56. The quantitative estimate of drug-likeness (QED) is 0.838. The molecule has 1 aliphatic rings. The molecule has 1 unspecified atom stereocenters. The van der Waals surface area contributed by atoms with E-state index in [-0.39, 0.29) is 6.04 Å². The van der Waals surface area contributed by atoms with Crippen molar-refractivity contribution in [3.8, 4) is 0 Å². The van der Waals surface area contributed by atoms with Gasteiger partial charge in [-0.3, -0.25) is 0 Å². The van der Waals surface area contributed by atoms with Crippen LogP contribution in [0.2, 0.25) is 5.22 Å². The fraction of sp³-hybridized carbons (Fsp3) is 0.400. The molecule has 76 valence electrons. The van der Waals surface area contributed by atoms with Gasteiger partial charge in [-0.2, -0.15) is 0 Å². The summed E-state index contributed by atoms with van der Waals surface area (Å²) < 4.78 is 10.8. The summed E-state index contributed by atoms with van der Waals surface area (Å²) in [6.45, 7) is 0.752. The molecule has 14 heavy (non-hydrogen) atoms. The van der Waals surface area contributed by atoms with Gasteiger partial charge in [-0.1, -0.05) is 0 Å². The van der Waals surface area contributed by atoms with E-state index < -0.39 is 0 Å². The second-order valence-electron chi connectivity index (χ2n) is 3.11. The third-order valence-corrected chi connectivity index (χ3v) is 2.39. The SMILES string of the molecule is CNC(C1=CCCO1)c1ccc(Cl)o1. The third kappa shape index (κ3) is 1.79. The van der Waals surface area contributed by atoms with E-state index in [0.717, 1.165) is 24.5 Å². The van der Waals surface area contributed by atoms with E-state index in [1.807, 2.05) is 13.1 Å². The Kier molecular flexibility index (Phi) is 2.79. The van der Waals surface area contributed by atoms with Crippen LogP contribution in [0.25, 0.3) is 0 Å². The molecule has 0 aromatic carbocycles. The van der Waals surface area contributed by atoms with Gasteiger partial charge in [0.25, 0.3) is 0 Å². The summed E-state index contributed by atoms with van der Waals surface area (Å²) in [6.07, 6.45) is 3.03. The molecule has 3 nitrogen and oxygen atoms in total. The van der Waals surface area contributed by atoms with Crippen LogP contribution in [0.3, 0.4) is 0 Å². The minimum Gasteiger partial charge on any atom is -0.496 e. The Morgan fingerprint density at radius 3 is 2.86 bits per heavy atom. The number of rotatable bonds is 3. The van der Waals surface area contributed by atoms with E-state index in [2.05, 4.69) is 11.4 Å². The van der Waals surface area contributed by atoms with Crippen LogP contribution in [0.5, 0.6) is 0 Å². The second-order valence-corrected chi connectivity index (χ2v) is 3.48. The second kappa shape index (κ2) is 4.07. The smallest absolute Gasteiger partial charge is 0.193 e. The number of hydrogen-bond donors (Lipinski definition) is 1. The highest BCUT2D eigenvalue weighted by Crippen LogP contribution is 2.28. The van der Waals surface area contributed by atoms with Crippen molar-refractivity contribution in [1.29, 1.82) is 0 Å². The van der Waals surface area contributed by atoms with Crippen LogP contribution in [0.15, 0.2) is 28.4 Å². The lowest BCUT2D eigenvalue weighted by Crippen LogP contribution is -2.18. The summed E-state index contributed by atoms with van der Waals surface area (Å²) in [7, 11) is 1.86. The molecule has 0 amide bonds. The van der Waals surface area contributed by atoms with Gasteiger partial charge in [0, 0.05) is 6.42 Å². The Morgan fingerprint density at radius 1 is 1.50 bits per heavy atom. The maximum Gasteiger partial charge on any atom is 0.193 e. The minimum atomic E-state index is -0.0231. The first-order valence-corrected chi connectivity index (χ1v) is 4.94. The van der Waals surface area contributed by atoms with Crippen molar-refractivity contribution >= 4 is 11.6 Å². The number of likely N-dealkylation sites (N-methyl/N-ethyl adjacent to an activating group) is 1. The normalized spacial score (nSPS) is 17.7. The first-order chi connectivity index (χ1) is 6.81. The largest absolute Gasteiger partial charge is 0.496 e. The van der Waals surface area contributed by atoms with E-state index >= 15 is 0 Å². The monoisotopic (exact) mass is 213 g/mol. The predicted molar refractivity (Wildman–Crippen MR) is 54.2 cm³/mol. The van der Waals surface area contributed by atoms with Crippen LogP contribution in [0.4, 0.5) is 0 Å². The Balaban J connectivity index is 2.20. The highest BCUT2D eigenvalue weighted by Gasteiger charge is 2.21. The van der Waals surface area contributed by atoms with Gasteiger partial charge in [0.05, 0.1) is 6.61 Å². The molecular weight excluding hydrogens is 202 g/mol. The molecular formula is C10H12ClNO2. The van der Waals surface area contributed by atoms with Crippen LogP contribution in [0.1, 0.15) is 18.2 Å². The van der Waals surface area contributed by atoms with Crippen LogP contribution in [-0.4, -0.2) is 13.7 Å². The number of furan rings is 1. The van der Waals surface area contributed by atoms with E-state index in [0.29, 0.717) is 5.22 Å². The predicted octanol–water partition coefficient (Wildman–Crippen LogP) is 2.50. The van der Waals surface area contributed by atoms with E-state index in [1.165, 1.54) is 0 Å². The molecule has 0 aliphatic carbocycles. The molecule has 0 radical (unpaired) electrons. The van der Waals surface area contributed by atoms with Crippen molar-refractivity contribution in [3.05, 3.63) is 34.9 Å². The van der Waals surface area contributed by atoms with Gasteiger partial charge in [-0.25, -0.2) is 0 Å². The average Bonchev–Trinajstić information content (AvgIpc) is 2.79. The van der Waals surface area contributed by atoms with Crippen LogP contribution < -0.4 is 5.32 Å². The van der Waals surface area contributed by atoms with Gasteiger partial charge in [-0.15, -0.1) is 0 Å². The molecule has 1 aliphatic heterocycles. The van der Waals surface area contributed by atoms with Gasteiger partial charge in [0.1, 0.15) is 17.6 Å². The lowest BCUT2D eigenvalue weighted by Gasteiger charge is -2.14. The summed E-state index contributed by atoms with van der Waals surface area (Å²) in [5, 5.41) is 3.53. The van der Waals surface area contributed by atoms with Gasteiger partial charge >= 0.3 is 0 Å². The van der Waals surface area contributed by atoms with Crippen molar-refractivity contribution in [3.63, 3.8) is 0 Å². The van der Waals surface area contributed by atoms with Crippen molar-refractivity contribution in [2.75, 3.05) is 13.7 Å². The summed E-state index contributed by atoms with van der Waals surface area (Å²) in [4.78, 5) is 0. The van der Waals surface area contributed by atoms with E-state index in [4.69, 9.17) is 20.8 Å². The fourth-order valence-electron chi connectivity index (χ4n) is 1.55. The Hall–Kier alpha value is -0.930. The Labute approximate surface area is 87.7 Å². The summed E-state index contributed by atoms with van der Waals surface area (Å²) >= 11 is 5.71. The molecule has 0 fully saturated rings. The number of halogens is 1. The number of ether oxygens (including phenoxy) is 1. The summed E-state index contributed by atoms with van der Waals surface area (Å²) in [5.41, 5.74) is 0. The maximum atomic E-state index is 5.71. The molecule has 1 aromatic rings. The first kappa shape index (κ1) is 9.62. The molecule has 1 atom stereocenters. The fourth-order valence-corrected chi connectivity index (χ4v) is 1.70. The van der Waals surface area contributed by atoms with Gasteiger partial charge in [-0.05, 0) is 36.9 Å². The molecule has 0 bridgehead atoms. The van der Waals surface area contributed by atoms with Crippen LogP contribution >= 0.6 is 11.6 Å². The van der Waals surface area contributed by atoms with Crippen LogP contribution in [0, 0.1) is 0 Å². The lowest BCUT2D eigenvalue weighted by molar-refractivity contribution is 0.210. The third-order valence-electron chi connectivity index (χ3n) is 2.18. The first-order valence-electron chi connectivity index (χ1n) is 4.56. The zero-order valence-electron chi connectivity index (χ0n) is 7.92. The number of nitrogens with one attached hydrogen (secondary N) is 1. The minimum absolute atomic E-state index is 0.0231. The average molecular weight is 214 g/mol. The van der Waals surface area contributed by atoms with Gasteiger partial charge in [0.2, 0.25) is 0 Å². The van der Waals surface area contributed by atoms with E-state index in [1.54, 1.807) is 6.07 Å². The molecule has 0 spiro atoms. The Bertz CT molecular complexity index is 346. The van der Waals surface area contributed by atoms with E-state index in [9.17, 15) is 0 Å². The van der Waals surface area contributed by atoms with Crippen molar-refractivity contribution in [2.24, 2.45) is 0 Å². The molecule has 0 saturated carbocycles. The zero-order valence-corrected chi connectivity index (χ0v) is 8.67.